The molecule has 2 aromatic rings. The average Bonchev–Trinajstić information content (AvgIpc) is 3.02. The van der Waals surface area contributed by atoms with Gasteiger partial charge in [0.25, 0.3) is 23.4 Å². The van der Waals surface area contributed by atoms with Crippen LogP contribution in [0.4, 0.5) is 10.1 Å². The van der Waals surface area contributed by atoms with Crippen molar-refractivity contribution < 1.29 is 23.7 Å². The van der Waals surface area contributed by atoms with Crippen molar-refractivity contribution in [2.24, 2.45) is 11.8 Å². The molecule has 11 heteroatoms. The molecule has 172 valence electrons. The van der Waals surface area contributed by atoms with Crippen molar-refractivity contribution in [3.63, 3.8) is 0 Å². The van der Waals surface area contributed by atoms with Crippen LogP contribution in [-0.2, 0) is 16.1 Å². The number of alkyl halides is 2. The third-order valence-corrected chi connectivity index (χ3v) is 8.70. The second-order valence-corrected chi connectivity index (χ2v) is 10.3. The molecule has 0 spiro atoms. The van der Waals surface area contributed by atoms with Crippen molar-refractivity contribution >= 4 is 55.3 Å². The fourth-order valence-electron chi connectivity index (χ4n) is 4.21. The number of nitrogens with zero attached hydrogens (tertiary/aromatic N) is 3. The van der Waals surface area contributed by atoms with Gasteiger partial charge < -0.3 is 0 Å². The van der Waals surface area contributed by atoms with Crippen LogP contribution in [0.3, 0.4) is 0 Å². The number of fused-ring (bicyclic) bond motifs is 1. The summed E-state index contributed by atoms with van der Waals surface area (Å²) in [5.74, 6) is -3.54. The first kappa shape index (κ1) is 23.5. The van der Waals surface area contributed by atoms with Gasteiger partial charge in [-0.2, -0.15) is 5.01 Å². The molecule has 4 rings (SSSR count). The summed E-state index contributed by atoms with van der Waals surface area (Å²) >= 11 is 7.06. The van der Waals surface area contributed by atoms with E-state index in [2.05, 4.69) is 31.9 Å². The number of nitro groups is 1. The van der Waals surface area contributed by atoms with E-state index < -0.39 is 40.3 Å². The zero-order valence-corrected chi connectivity index (χ0v) is 20.2. The van der Waals surface area contributed by atoms with Gasteiger partial charge in [0.2, 0.25) is 0 Å². The molecular weight excluding hydrogens is 565 g/mol. The minimum Gasteiger partial charge on any atom is -0.272 e. The molecule has 1 aliphatic carbocycles. The number of imide groups is 1. The normalized spacial score (nSPS) is 24.5. The van der Waals surface area contributed by atoms with Crippen LogP contribution in [0.15, 0.2) is 48.5 Å². The minimum atomic E-state index is -0.737. The van der Waals surface area contributed by atoms with E-state index in [1.807, 2.05) is 0 Å². The van der Waals surface area contributed by atoms with Gasteiger partial charge in [0.15, 0.2) is 0 Å². The van der Waals surface area contributed by atoms with Gasteiger partial charge in [-0.1, -0.05) is 50.1 Å². The molecule has 2 aliphatic rings. The highest BCUT2D eigenvalue weighted by Gasteiger charge is 2.54. The molecular formula is C22H18Br2FN3O5. The molecule has 1 saturated carbocycles. The standard InChI is InChI=1S/C22H18Br2FN3O5/c23-17-9-15-16(10-18(17)24)22(31)27(21(15)30)26(11-13-3-1-2-4-19(13)25)20(29)12-5-7-14(8-6-12)28(32)33/h1-8,15-18H,9-11H2/t15-,16-,17+,18+/m1/s1. The molecule has 0 unspecified atom stereocenters. The lowest BCUT2D eigenvalue weighted by Crippen LogP contribution is -2.50. The summed E-state index contributed by atoms with van der Waals surface area (Å²) < 4.78 is 14.4. The molecule has 0 radical (unpaired) electrons. The van der Waals surface area contributed by atoms with E-state index in [1.54, 1.807) is 6.07 Å². The maximum Gasteiger partial charge on any atom is 0.273 e. The molecule has 8 nitrogen and oxygen atoms in total. The van der Waals surface area contributed by atoms with Crippen LogP contribution >= 0.6 is 31.9 Å². The predicted molar refractivity (Wildman–Crippen MR) is 123 cm³/mol. The van der Waals surface area contributed by atoms with Gasteiger partial charge in [0.1, 0.15) is 5.82 Å². The Kier molecular flexibility index (Phi) is 6.62. The minimum absolute atomic E-state index is 0.0131. The smallest absolute Gasteiger partial charge is 0.272 e. The number of halogens is 3. The Labute approximate surface area is 205 Å². The highest BCUT2D eigenvalue weighted by Crippen LogP contribution is 2.44. The Bertz CT molecular complexity index is 1100. The zero-order valence-electron chi connectivity index (χ0n) is 17.1. The number of hydrogen-bond acceptors (Lipinski definition) is 5. The van der Waals surface area contributed by atoms with Crippen molar-refractivity contribution in [2.45, 2.75) is 29.0 Å². The fraction of sp³-hybridized carbons (Fsp3) is 0.318. The Morgan fingerprint density at radius 3 is 2.09 bits per heavy atom. The molecule has 0 bridgehead atoms. The fourth-order valence-corrected chi connectivity index (χ4v) is 5.45. The van der Waals surface area contributed by atoms with Gasteiger partial charge in [-0.15, -0.1) is 0 Å². The van der Waals surface area contributed by atoms with E-state index in [4.69, 9.17) is 0 Å². The summed E-state index contributed by atoms with van der Waals surface area (Å²) in [5.41, 5.74) is -0.0533. The molecule has 0 N–H and O–H groups in total. The third-order valence-electron chi connectivity index (χ3n) is 5.97. The summed E-state index contributed by atoms with van der Waals surface area (Å²) in [7, 11) is 0. The number of carbonyl (C=O) groups is 3. The highest BCUT2D eigenvalue weighted by atomic mass is 79.9. The number of hydrazine groups is 1. The van der Waals surface area contributed by atoms with Gasteiger partial charge in [-0.05, 0) is 31.0 Å². The van der Waals surface area contributed by atoms with Crippen LogP contribution in [0.5, 0.6) is 0 Å². The average molecular weight is 583 g/mol. The number of hydrogen-bond donors (Lipinski definition) is 0. The highest BCUT2D eigenvalue weighted by molar-refractivity contribution is 9.12. The SMILES string of the molecule is O=C(c1ccc([N+](=O)[O-])cc1)N(Cc1ccccc1F)N1C(=O)[C@@H]2C[C@H](Br)[C@@H](Br)C[C@H]2C1=O. The van der Waals surface area contributed by atoms with Crippen molar-refractivity contribution in [3.05, 3.63) is 75.6 Å². The van der Waals surface area contributed by atoms with Crippen LogP contribution in [0, 0.1) is 27.8 Å². The largest absolute Gasteiger partial charge is 0.273 e. The topological polar surface area (TPSA) is 101 Å². The van der Waals surface area contributed by atoms with Crippen LogP contribution in [0.25, 0.3) is 0 Å². The van der Waals surface area contributed by atoms with Crippen LogP contribution < -0.4 is 0 Å². The molecule has 0 aromatic heterocycles. The number of amides is 3. The lowest BCUT2D eigenvalue weighted by Gasteiger charge is -2.30. The Morgan fingerprint density at radius 1 is 1.03 bits per heavy atom. The van der Waals surface area contributed by atoms with Crippen LogP contribution in [0.2, 0.25) is 0 Å². The van der Waals surface area contributed by atoms with E-state index in [-0.39, 0.29) is 33.0 Å². The number of nitro benzene ring substituents is 1. The number of rotatable bonds is 5. The van der Waals surface area contributed by atoms with Crippen LogP contribution in [-0.4, -0.2) is 42.3 Å². The molecule has 2 fully saturated rings. The molecule has 2 aromatic carbocycles. The summed E-state index contributed by atoms with van der Waals surface area (Å²) in [6.45, 7) is -0.352. The first-order valence-corrected chi connectivity index (χ1v) is 12.0. The van der Waals surface area contributed by atoms with E-state index in [0.29, 0.717) is 12.8 Å². The van der Waals surface area contributed by atoms with E-state index in [0.717, 1.165) is 22.2 Å². The van der Waals surface area contributed by atoms with E-state index in [1.165, 1.54) is 30.3 Å². The van der Waals surface area contributed by atoms with Gasteiger partial charge in [-0.3, -0.25) is 24.5 Å². The summed E-state index contributed by atoms with van der Waals surface area (Å²) in [4.78, 5) is 50.3. The van der Waals surface area contributed by atoms with Crippen molar-refractivity contribution in [2.75, 3.05) is 0 Å². The van der Waals surface area contributed by atoms with Crippen molar-refractivity contribution in [1.29, 1.82) is 0 Å². The molecule has 4 atom stereocenters. The lowest BCUT2D eigenvalue weighted by molar-refractivity contribution is -0.384. The zero-order chi connectivity index (χ0) is 23.9. The second-order valence-electron chi connectivity index (χ2n) is 7.96. The Morgan fingerprint density at radius 2 is 1.58 bits per heavy atom. The van der Waals surface area contributed by atoms with Gasteiger partial charge in [0.05, 0.1) is 23.3 Å². The van der Waals surface area contributed by atoms with E-state index >= 15 is 0 Å². The van der Waals surface area contributed by atoms with Crippen molar-refractivity contribution in [1.82, 2.24) is 10.0 Å². The maximum atomic E-state index is 14.4. The molecule has 1 heterocycles. The van der Waals surface area contributed by atoms with Gasteiger partial charge in [-0.25, -0.2) is 9.40 Å². The number of carbonyl (C=O) groups excluding carboxylic acids is 3. The molecule has 1 saturated heterocycles. The Balaban J connectivity index is 1.72. The number of benzene rings is 2. The van der Waals surface area contributed by atoms with Crippen LogP contribution in [0.1, 0.15) is 28.8 Å². The maximum absolute atomic E-state index is 14.4. The van der Waals surface area contributed by atoms with Gasteiger partial charge >= 0.3 is 0 Å². The summed E-state index contributed by atoms with van der Waals surface area (Å²) in [6.07, 6.45) is 0.835. The molecule has 3 amide bonds. The molecule has 33 heavy (non-hydrogen) atoms. The number of non-ortho nitro benzene ring substituents is 1. The first-order chi connectivity index (χ1) is 15.7. The lowest BCUT2D eigenvalue weighted by atomic mass is 9.81. The Hall–Kier alpha value is -2.66. The van der Waals surface area contributed by atoms with E-state index in [9.17, 15) is 28.9 Å². The van der Waals surface area contributed by atoms with Crippen molar-refractivity contribution in [3.8, 4) is 0 Å². The summed E-state index contributed by atoms with van der Waals surface area (Å²) in [5, 5.41) is 12.7. The first-order valence-electron chi connectivity index (χ1n) is 10.1. The quantitative estimate of drug-likeness (QED) is 0.227. The van der Waals surface area contributed by atoms with Gasteiger partial charge in [0, 0.05) is 32.9 Å². The third kappa shape index (κ3) is 4.43. The summed E-state index contributed by atoms with van der Waals surface area (Å²) in [6, 6.07) is 10.6. The predicted octanol–water partition coefficient (Wildman–Crippen LogP) is 4.21. The monoisotopic (exact) mass is 581 g/mol. The second kappa shape index (κ2) is 9.30. The molecule has 1 aliphatic heterocycles.